The molecular formula is C11H16N2. The molecule has 1 atom stereocenters. The minimum absolute atomic E-state index is 0.336. The number of rotatable bonds is 4. The molecule has 0 radical (unpaired) electrons. The fourth-order valence-corrected chi connectivity index (χ4v) is 0.952. The maximum absolute atomic E-state index is 4.29. The molecular weight excluding hydrogens is 160 g/mol. The highest BCUT2D eigenvalue weighted by Gasteiger charge is 1.96. The smallest absolute Gasteiger partial charge is 0.0542 e. The van der Waals surface area contributed by atoms with Crippen molar-refractivity contribution in [2.24, 2.45) is 0 Å². The van der Waals surface area contributed by atoms with E-state index in [1.165, 1.54) is 5.56 Å². The van der Waals surface area contributed by atoms with E-state index in [0.717, 1.165) is 12.2 Å². The molecule has 0 aliphatic heterocycles. The van der Waals surface area contributed by atoms with Crippen LogP contribution < -0.4 is 5.32 Å². The van der Waals surface area contributed by atoms with Crippen molar-refractivity contribution in [3.8, 4) is 0 Å². The Morgan fingerprint density at radius 1 is 1.62 bits per heavy atom. The van der Waals surface area contributed by atoms with Gasteiger partial charge < -0.3 is 5.32 Å². The monoisotopic (exact) mass is 176 g/mol. The lowest BCUT2D eigenvalue weighted by atomic mass is 10.2. The third-order valence-corrected chi connectivity index (χ3v) is 1.93. The van der Waals surface area contributed by atoms with E-state index in [-0.39, 0.29) is 0 Å². The van der Waals surface area contributed by atoms with Gasteiger partial charge in [0, 0.05) is 18.8 Å². The highest BCUT2D eigenvalue weighted by atomic mass is 14.9. The van der Waals surface area contributed by atoms with Crippen molar-refractivity contribution in [1.82, 2.24) is 10.3 Å². The molecule has 1 aromatic rings. The second-order valence-corrected chi connectivity index (χ2v) is 3.23. The van der Waals surface area contributed by atoms with Gasteiger partial charge in [-0.05, 0) is 25.5 Å². The van der Waals surface area contributed by atoms with Crippen LogP contribution in [0.5, 0.6) is 0 Å². The van der Waals surface area contributed by atoms with Gasteiger partial charge in [-0.25, -0.2) is 0 Å². The Hall–Kier alpha value is -1.15. The molecule has 1 rings (SSSR count). The first-order valence-electron chi connectivity index (χ1n) is 4.50. The summed E-state index contributed by atoms with van der Waals surface area (Å²) < 4.78 is 0. The Morgan fingerprint density at radius 3 is 2.92 bits per heavy atom. The third-order valence-electron chi connectivity index (χ3n) is 1.93. The molecule has 0 spiro atoms. The van der Waals surface area contributed by atoms with Crippen molar-refractivity contribution >= 4 is 0 Å². The van der Waals surface area contributed by atoms with Gasteiger partial charge in [0.05, 0.1) is 5.69 Å². The summed E-state index contributed by atoms with van der Waals surface area (Å²) in [4.78, 5) is 4.29. The lowest BCUT2D eigenvalue weighted by Gasteiger charge is -2.07. The molecule has 2 heteroatoms. The zero-order valence-corrected chi connectivity index (χ0v) is 8.25. The van der Waals surface area contributed by atoms with Gasteiger partial charge >= 0.3 is 0 Å². The maximum Gasteiger partial charge on any atom is 0.0542 e. The molecule has 0 fully saturated rings. The van der Waals surface area contributed by atoms with Crippen molar-refractivity contribution < 1.29 is 0 Å². The normalized spacial score (nSPS) is 12.5. The first kappa shape index (κ1) is 9.93. The van der Waals surface area contributed by atoms with Gasteiger partial charge in [0.15, 0.2) is 0 Å². The zero-order valence-electron chi connectivity index (χ0n) is 8.25. The number of nitrogens with one attached hydrogen (secondary N) is 1. The molecule has 1 unspecified atom stereocenters. The Labute approximate surface area is 79.7 Å². The highest BCUT2D eigenvalue weighted by molar-refractivity contribution is 5.12. The summed E-state index contributed by atoms with van der Waals surface area (Å²) in [5, 5.41) is 3.29. The number of pyridine rings is 1. The number of nitrogens with zero attached hydrogens (tertiary/aromatic N) is 1. The quantitative estimate of drug-likeness (QED) is 0.710. The lowest BCUT2D eigenvalue weighted by Crippen LogP contribution is -2.23. The largest absolute Gasteiger partial charge is 0.305 e. The van der Waals surface area contributed by atoms with Crippen molar-refractivity contribution in [3.63, 3.8) is 0 Å². The van der Waals surface area contributed by atoms with Gasteiger partial charge in [-0.1, -0.05) is 12.1 Å². The van der Waals surface area contributed by atoms with Crippen molar-refractivity contribution in [1.29, 1.82) is 0 Å². The Kier molecular flexibility index (Phi) is 3.65. The number of aromatic nitrogens is 1. The molecule has 1 heterocycles. The maximum atomic E-state index is 4.29. The predicted molar refractivity (Wildman–Crippen MR) is 55.5 cm³/mol. The van der Waals surface area contributed by atoms with Crippen LogP contribution in [0.2, 0.25) is 0 Å². The van der Waals surface area contributed by atoms with E-state index in [4.69, 9.17) is 0 Å². The van der Waals surface area contributed by atoms with Crippen LogP contribution in [-0.4, -0.2) is 11.0 Å². The predicted octanol–water partition coefficient (Wildman–Crippen LogP) is 2.05. The van der Waals surface area contributed by atoms with E-state index in [0.29, 0.717) is 6.04 Å². The van der Waals surface area contributed by atoms with Crippen molar-refractivity contribution in [2.75, 3.05) is 0 Å². The van der Waals surface area contributed by atoms with Gasteiger partial charge in [0.1, 0.15) is 0 Å². The second kappa shape index (κ2) is 4.77. The zero-order chi connectivity index (χ0) is 9.68. The topological polar surface area (TPSA) is 24.9 Å². The Bertz CT molecular complexity index is 264. The average molecular weight is 176 g/mol. The first-order chi connectivity index (χ1) is 6.22. The van der Waals surface area contributed by atoms with Crippen LogP contribution in [0, 0.1) is 6.92 Å². The van der Waals surface area contributed by atoms with Crippen LogP contribution in [0.1, 0.15) is 18.2 Å². The third kappa shape index (κ3) is 3.38. The van der Waals surface area contributed by atoms with Gasteiger partial charge in [0.2, 0.25) is 0 Å². The summed E-state index contributed by atoms with van der Waals surface area (Å²) in [5.41, 5.74) is 2.26. The molecule has 2 nitrogen and oxygen atoms in total. The van der Waals surface area contributed by atoms with Gasteiger partial charge in [0.25, 0.3) is 0 Å². The van der Waals surface area contributed by atoms with E-state index in [9.17, 15) is 0 Å². The first-order valence-corrected chi connectivity index (χ1v) is 4.50. The van der Waals surface area contributed by atoms with Crippen LogP contribution in [0.25, 0.3) is 0 Å². The van der Waals surface area contributed by atoms with Crippen LogP contribution >= 0.6 is 0 Å². The fraction of sp³-hybridized carbons (Fsp3) is 0.364. The standard InChI is InChI=1S/C11H16N2/c1-4-10(3)12-8-11-6-5-9(2)7-13-11/h4-7,10,12H,1,8H2,2-3H3. The summed E-state index contributed by atoms with van der Waals surface area (Å²) in [7, 11) is 0. The summed E-state index contributed by atoms with van der Waals surface area (Å²) in [6.45, 7) is 8.61. The summed E-state index contributed by atoms with van der Waals surface area (Å²) >= 11 is 0. The van der Waals surface area contributed by atoms with E-state index < -0.39 is 0 Å². The second-order valence-electron chi connectivity index (χ2n) is 3.23. The molecule has 0 aliphatic rings. The van der Waals surface area contributed by atoms with Gasteiger partial charge in [-0.2, -0.15) is 0 Å². The molecule has 0 aromatic carbocycles. The Morgan fingerprint density at radius 2 is 2.38 bits per heavy atom. The molecule has 1 aromatic heterocycles. The molecule has 0 bridgehead atoms. The average Bonchev–Trinajstić information content (AvgIpc) is 2.16. The van der Waals surface area contributed by atoms with Crippen molar-refractivity contribution in [3.05, 3.63) is 42.2 Å². The van der Waals surface area contributed by atoms with Crippen LogP contribution in [0.15, 0.2) is 31.0 Å². The van der Waals surface area contributed by atoms with Gasteiger partial charge in [-0.15, -0.1) is 6.58 Å². The Balaban J connectivity index is 2.45. The number of hydrogen-bond donors (Lipinski definition) is 1. The van der Waals surface area contributed by atoms with E-state index >= 15 is 0 Å². The van der Waals surface area contributed by atoms with Gasteiger partial charge in [-0.3, -0.25) is 4.98 Å². The lowest BCUT2D eigenvalue weighted by molar-refractivity contribution is 0.624. The van der Waals surface area contributed by atoms with E-state index in [1.807, 2.05) is 25.3 Å². The van der Waals surface area contributed by atoms with Crippen LogP contribution in [0.3, 0.4) is 0 Å². The number of hydrogen-bond acceptors (Lipinski definition) is 2. The fourth-order valence-electron chi connectivity index (χ4n) is 0.952. The summed E-state index contributed by atoms with van der Waals surface area (Å²) in [6, 6.07) is 4.45. The molecule has 0 saturated carbocycles. The van der Waals surface area contributed by atoms with E-state index in [1.54, 1.807) is 0 Å². The van der Waals surface area contributed by atoms with Crippen LogP contribution in [0.4, 0.5) is 0 Å². The SMILES string of the molecule is C=CC(C)NCc1ccc(C)cn1. The number of aryl methyl sites for hydroxylation is 1. The minimum Gasteiger partial charge on any atom is -0.305 e. The molecule has 1 N–H and O–H groups in total. The molecule has 13 heavy (non-hydrogen) atoms. The summed E-state index contributed by atoms with van der Waals surface area (Å²) in [6.07, 6.45) is 3.77. The molecule has 0 aliphatic carbocycles. The molecule has 0 amide bonds. The van der Waals surface area contributed by atoms with E-state index in [2.05, 4.69) is 29.9 Å². The molecule has 70 valence electrons. The summed E-state index contributed by atoms with van der Waals surface area (Å²) in [5.74, 6) is 0. The highest BCUT2D eigenvalue weighted by Crippen LogP contribution is 1.98. The van der Waals surface area contributed by atoms with Crippen LogP contribution in [-0.2, 0) is 6.54 Å². The van der Waals surface area contributed by atoms with Crippen molar-refractivity contribution in [2.45, 2.75) is 26.4 Å². The molecule has 0 saturated heterocycles. The minimum atomic E-state index is 0.336.